The Morgan fingerprint density at radius 3 is 2.58 bits per heavy atom. The van der Waals surface area contributed by atoms with E-state index in [1.54, 1.807) is 19.8 Å². The standard InChI is InChI=1S/C16H12.2ClH.Hf/c1-10-7-13-9-12-6-5-11-3-2-4-14(16(11)12)15(13)8-10;;;/h2-4,8-9H,5-6H2,1H3;2*1H;/q;;;+2/p-2. The van der Waals surface area contributed by atoms with Gasteiger partial charge in [-0.2, -0.15) is 0 Å². The predicted octanol–water partition coefficient (Wildman–Crippen LogP) is -2.57. The van der Waals surface area contributed by atoms with Crippen LogP contribution >= 0.6 is 0 Å². The monoisotopic (exact) mass is 454 g/mol. The van der Waals surface area contributed by atoms with Gasteiger partial charge in [0.2, 0.25) is 0 Å². The van der Waals surface area contributed by atoms with Gasteiger partial charge in [-0.1, -0.05) is 0 Å². The summed E-state index contributed by atoms with van der Waals surface area (Å²) in [4.78, 5) is 0. The quantitative estimate of drug-likeness (QED) is 0.385. The number of benzene rings is 2. The first-order valence-electron chi connectivity index (χ1n) is 6.11. The molecule has 19 heavy (non-hydrogen) atoms. The minimum atomic E-state index is 0. The molecule has 0 spiro atoms. The smallest absolute Gasteiger partial charge is 1.00 e. The van der Waals surface area contributed by atoms with Crippen molar-refractivity contribution in [1.82, 2.24) is 0 Å². The molecule has 0 saturated heterocycles. The second kappa shape index (κ2) is 5.27. The molecule has 0 saturated carbocycles. The Bertz CT molecular complexity index is 729. The fourth-order valence-corrected chi connectivity index (χ4v) is 4.21. The number of fused-ring (bicyclic) bond motifs is 2. The molecule has 2 aromatic carbocycles. The number of hydrogen-bond acceptors (Lipinski definition) is 0. The number of halogens is 2. The summed E-state index contributed by atoms with van der Waals surface area (Å²) in [6.07, 6.45) is 4.85. The van der Waals surface area contributed by atoms with Crippen LogP contribution in [0, 0.1) is 0 Å². The van der Waals surface area contributed by atoms with Gasteiger partial charge in [0.25, 0.3) is 0 Å². The van der Waals surface area contributed by atoms with Crippen LogP contribution in [0.15, 0.2) is 29.8 Å². The van der Waals surface area contributed by atoms with Gasteiger partial charge in [-0.15, -0.1) is 0 Å². The van der Waals surface area contributed by atoms with Crippen molar-refractivity contribution in [3.8, 4) is 0 Å². The number of allylic oxidation sites excluding steroid dienone is 1. The third kappa shape index (κ3) is 2.02. The average molecular weight is 454 g/mol. The van der Waals surface area contributed by atoms with Crippen molar-refractivity contribution < 1.29 is 48.7 Å². The molecule has 0 nitrogen and oxygen atoms in total. The fraction of sp³-hybridized carbons (Fsp3) is 0.188. The molecule has 3 heteroatoms. The third-order valence-electron chi connectivity index (χ3n) is 4.06. The summed E-state index contributed by atoms with van der Waals surface area (Å²) in [5.41, 5.74) is 7.61. The second-order valence-corrected chi connectivity index (χ2v) is 6.84. The normalized spacial score (nSPS) is 14.9. The Labute approximate surface area is 140 Å². The summed E-state index contributed by atoms with van der Waals surface area (Å²) in [5, 5.41) is 3.03. The maximum absolute atomic E-state index is 2.46. The van der Waals surface area contributed by atoms with Gasteiger partial charge in [-0.3, -0.25) is 0 Å². The van der Waals surface area contributed by atoms with Gasteiger partial charge >= 0.3 is 116 Å². The average Bonchev–Trinajstić information content (AvgIpc) is 2.87. The molecule has 4 rings (SSSR count). The van der Waals surface area contributed by atoms with Crippen LogP contribution in [0.2, 0.25) is 0 Å². The minimum Gasteiger partial charge on any atom is -1.00 e. The molecule has 0 N–H and O–H groups in total. The molecular weight excluding hydrogens is 442 g/mol. The number of rotatable bonds is 0. The molecule has 0 aliphatic heterocycles. The molecule has 0 amide bonds. The largest absolute Gasteiger partial charge is 1.00 e. The van der Waals surface area contributed by atoms with Gasteiger partial charge in [-0.25, -0.2) is 0 Å². The zero-order valence-electron chi connectivity index (χ0n) is 10.6. The van der Waals surface area contributed by atoms with Crippen molar-refractivity contribution in [2.24, 2.45) is 0 Å². The van der Waals surface area contributed by atoms with Gasteiger partial charge in [-0.05, 0) is 0 Å². The third-order valence-corrected chi connectivity index (χ3v) is 6.44. The van der Waals surface area contributed by atoms with E-state index in [0.717, 1.165) is 23.9 Å². The van der Waals surface area contributed by atoms with E-state index in [2.05, 4.69) is 37.3 Å². The summed E-state index contributed by atoms with van der Waals surface area (Å²) < 4.78 is 1.59. The second-order valence-electron chi connectivity index (χ2n) is 5.04. The van der Waals surface area contributed by atoms with E-state index in [4.69, 9.17) is 0 Å². The molecule has 2 aliphatic carbocycles. The minimum absolute atomic E-state index is 0. The predicted molar refractivity (Wildman–Crippen MR) is 69.1 cm³/mol. The fourth-order valence-electron chi connectivity index (χ4n) is 3.21. The van der Waals surface area contributed by atoms with Crippen LogP contribution in [0.25, 0.3) is 16.8 Å². The van der Waals surface area contributed by atoms with Crippen molar-refractivity contribution in [2.45, 2.75) is 19.8 Å². The summed E-state index contributed by atoms with van der Waals surface area (Å²) >= 11 is 1.15. The zero-order chi connectivity index (χ0) is 11.6. The summed E-state index contributed by atoms with van der Waals surface area (Å²) in [6.45, 7) is 2.25. The van der Waals surface area contributed by atoms with Crippen molar-refractivity contribution in [3.05, 3.63) is 52.1 Å². The molecule has 0 atom stereocenters. The summed E-state index contributed by atoms with van der Waals surface area (Å²) in [6, 6.07) is 9.28. The van der Waals surface area contributed by atoms with E-state index in [1.807, 2.05) is 0 Å². The van der Waals surface area contributed by atoms with Crippen molar-refractivity contribution in [1.29, 1.82) is 0 Å². The van der Waals surface area contributed by atoms with E-state index in [1.165, 1.54) is 34.9 Å². The Morgan fingerprint density at radius 1 is 1.05 bits per heavy atom. The van der Waals surface area contributed by atoms with Crippen LogP contribution in [0.3, 0.4) is 0 Å². The van der Waals surface area contributed by atoms with Crippen LogP contribution in [-0.4, -0.2) is 3.26 Å². The van der Waals surface area contributed by atoms with Crippen LogP contribution in [0.5, 0.6) is 0 Å². The molecule has 2 aliphatic rings. The molecule has 94 valence electrons. The molecule has 0 heterocycles. The molecule has 0 radical (unpaired) electrons. The van der Waals surface area contributed by atoms with Gasteiger partial charge in [0.1, 0.15) is 0 Å². The first-order chi connectivity index (χ1) is 8.25. The van der Waals surface area contributed by atoms with Gasteiger partial charge in [0, 0.05) is 0 Å². The van der Waals surface area contributed by atoms with Crippen molar-refractivity contribution >= 4 is 20.1 Å². The van der Waals surface area contributed by atoms with Gasteiger partial charge in [0.15, 0.2) is 0 Å². The van der Waals surface area contributed by atoms with Crippen molar-refractivity contribution in [3.63, 3.8) is 0 Å². The Hall–Kier alpha value is -0.240. The van der Waals surface area contributed by atoms with E-state index >= 15 is 0 Å². The maximum atomic E-state index is 2.46. The van der Waals surface area contributed by atoms with E-state index in [0.29, 0.717) is 0 Å². The number of aryl methyl sites for hydroxylation is 2. The molecule has 2 aromatic rings. The number of hydrogen-bond donors (Lipinski definition) is 0. The Kier molecular flexibility index (Phi) is 4.21. The van der Waals surface area contributed by atoms with Crippen LogP contribution in [0.4, 0.5) is 0 Å². The molecule has 0 fully saturated rings. The summed E-state index contributed by atoms with van der Waals surface area (Å²) in [7, 11) is 0. The molecular formula is C16H12Cl2Hf. The van der Waals surface area contributed by atoms with Crippen LogP contribution in [0.1, 0.15) is 29.2 Å². The molecule has 0 aromatic heterocycles. The first-order valence-corrected chi connectivity index (χ1v) is 7.90. The zero-order valence-corrected chi connectivity index (χ0v) is 15.7. The van der Waals surface area contributed by atoms with Crippen molar-refractivity contribution in [2.75, 3.05) is 0 Å². The molecule has 0 unspecified atom stereocenters. The topological polar surface area (TPSA) is 0 Å². The Balaban J connectivity index is 0.000000667. The van der Waals surface area contributed by atoms with E-state index in [-0.39, 0.29) is 24.8 Å². The van der Waals surface area contributed by atoms with Crippen LogP contribution < -0.4 is 24.8 Å². The van der Waals surface area contributed by atoms with Gasteiger partial charge in [0.05, 0.1) is 0 Å². The maximum Gasteiger partial charge on any atom is -1.00 e. The SMILES string of the molecule is CC1=Cc2c(cc3c4c(cccc24)CC3)[C]1=[Hf+2].[Cl-].[Cl-]. The van der Waals surface area contributed by atoms with Gasteiger partial charge < -0.3 is 24.8 Å². The van der Waals surface area contributed by atoms with Crippen LogP contribution in [-0.2, 0) is 36.7 Å². The van der Waals surface area contributed by atoms with E-state index in [9.17, 15) is 0 Å². The summed E-state index contributed by atoms with van der Waals surface area (Å²) in [5.74, 6) is 0. The Morgan fingerprint density at radius 2 is 1.79 bits per heavy atom. The molecule has 0 bridgehead atoms. The first kappa shape index (κ1) is 15.2. The van der Waals surface area contributed by atoms with E-state index < -0.39 is 0 Å².